The molecular weight excluding hydrogens is 1580 g/mol. The van der Waals surface area contributed by atoms with Crippen LogP contribution in [-0.2, 0) is 19.6 Å². The Morgan fingerprint density at radius 3 is 0.857 bits per heavy atom. The molecule has 0 saturated carbocycles. The molecule has 0 aliphatic heterocycles. The van der Waals surface area contributed by atoms with Crippen molar-refractivity contribution >= 4 is 0 Å². The summed E-state index contributed by atoms with van der Waals surface area (Å²) < 4.78 is 33.5. The normalized spacial score (nSPS) is 11.9. The Balaban J connectivity index is 0.000000195. The van der Waals surface area contributed by atoms with E-state index in [2.05, 4.69) is 132 Å². The van der Waals surface area contributed by atoms with Gasteiger partial charge in [0.05, 0.1) is 36.5 Å². The molecule has 3 aromatic heterocycles. The van der Waals surface area contributed by atoms with Crippen molar-refractivity contribution in [3.8, 4) is 137 Å². The molecular formula is C105H123N9O12. The molecule has 0 amide bonds. The number of aliphatic hydroxyl groups is 3. The van der Waals surface area contributed by atoms with Crippen molar-refractivity contribution < 1.29 is 59.1 Å². The number of unbranched alkanes of at least 4 members (excludes halogenated alkanes) is 2. The van der Waals surface area contributed by atoms with Crippen LogP contribution in [0.25, 0.3) is 102 Å². The molecule has 126 heavy (non-hydrogen) atoms. The molecule has 660 valence electrons. The maximum atomic E-state index is 11.5. The van der Waals surface area contributed by atoms with Crippen LogP contribution in [0, 0.1) is 83.1 Å². The third kappa shape index (κ3) is 26.0. The van der Waals surface area contributed by atoms with Gasteiger partial charge in [-0.2, -0.15) is 0 Å². The smallest absolute Gasteiger partial charge is 0.167 e. The summed E-state index contributed by atoms with van der Waals surface area (Å²) >= 11 is 0. The van der Waals surface area contributed by atoms with E-state index in [4.69, 9.17) is 73.3 Å². The third-order valence-corrected chi connectivity index (χ3v) is 21.2. The van der Waals surface area contributed by atoms with Gasteiger partial charge in [0, 0.05) is 82.9 Å². The van der Waals surface area contributed by atoms with Crippen LogP contribution >= 0.6 is 0 Å². The molecule has 0 radical (unpaired) electrons. The lowest BCUT2D eigenvalue weighted by Gasteiger charge is -2.29. The van der Waals surface area contributed by atoms with Gasteiger partial charge in [-0.3, -0.25) is 0 Å². The van der Waals surface area contributed by atoms with Gasteiger partial charge in [0.15, 0.2) is 52.4 Å². The van der Waals surface area contributed by atoms with Crippen molar-refractivity contribution in [1.29, 1.82) is 0 Å². The predicted octanol–water partition coefficient (Wildman–Crippen LogP) is 21.7. The van der Waals surface area contributed by atoms with Gasteiger partial charge in [-0.05, 0) is 165 Å². The lowest BCUT2D eigenvalue weighted by Crippen LogP contribution is -2.25. The quantitative estimate of drug-likeness (QED) is 0.0214. The number of hydrogen-bond donors (Lipinski definition) is 6. The van der Waals surface area contributed by atoms with Gasteiger partial charge < -0.3 is 59.1 Å². The highest BCUT2D eigenvalue weighted by atomic mass is 16.5. The monoisotopic (exact) mass is 1700 g/mol. The minimum absolute atomic E-state index is 0.00392. The number of aromatic nitrogens is 9. The van der Waals surface area contributed by atoms with E-state index in [1.165, 1.54) is 25.7 Å². The van der Waals surface area contributed by atoms with Crippen LogP contribution in [-0.4, -0.2) is 154 Å². The number of hydrogen-bond acceptors (Lipinski definition) is 21. The van der Waals surface area contributed by atoms with Gasteiger partial charge in [0.1, 0.15) is 72.6 Å². The van der Waals surface area contributed by atoms with E-state index < -0.39 is 23.7 Å². The van der Waals surface area contributed by atoms with Crippen LogP contribution in [0.2, 0.25) is 0 Å². The molecule has 0 fully saturated rings. The molecule has 6 N–H and O–H groups in total. The van der Waals surface area contributed by atoms with E-state index >= 15 is 0 Å². The average molecular weight is 1700 g/mol. The van der Waals surface area contributed by atoms with Gasteiger partial charge in [0.25, 0.3) is 0 Å². The highest BCUT2D eigenvalue weighted by molar-refractivity contribution is 5.77. The second-order valence-corrected chi connectivity index (χ2v) is 33.0. The number of phenols is 3. The van der Waals surface area contributed by atoms with Crippen LogP contribution in [0.4, 0.5) is 0 Å². The lowest BCUT2D eigenvalue weighted by atomic mass is 9.77. The summed E-state index contributed by atoms with van der Waals surface area (Å²) in [7, 11) is 1.53. The van der Waals surface area contributed by atoms with E-state index in [1.807, 2.05) is 139 Å². The van der Waals surface area contributed by atoms with Crippen LogP contribution < -0.4 is 14.2 Å². The summed E-state index contributed by atoms with van der Waals surface area (Å²) in [5, 5.41) is 64.0. The van der Waals surface area contributed by atoms with Gasteiger partial charge in [-0.1, -0.05) is 234 Å². The zero-order chi connectivity index (χ0) is 90.9. The zero-order valence-electron chi connectivity index (χ0n) is 76.5. The van der Waals surface area contributed by atoms with Crippen LogP contribution in [0.15, 0.2) is 188 Å². The van der Waals surface area contributed by atoms with E-state index in [-0.39, 0.29) is 56.9 Å². The molecule has 0 spiro atoms. The number of aryl methyl sites for hydroxylation is 12. The third-order valence-electron chi connectivity index (χ3n) is 21.2. The first-order valence-electron chi connectivity index (χ1n) is 43.3. The van der Waals surface area contributed by atoms with Crippen LogP contribution in [0.1, 0.15) is 152 Å². The summed E-state index contributed by atoms with van der Waals surface area (Å²) in [6.07, 6.45) is 2.90. The molecule has 13 aromatic rings. The SMILES string of the molecule is CCC.CCCCOCC(O)COc1ccc(-c2nc(-c3ccc(C)cc3C)nc(-c3ccc(C)cc3C)n2)c(O)c1.CCCCOCC(O)COc1ccc(-c2nc(-c3ccc(C)cc3C)nc(-c3ccc(C)cc3C)n2)c(O)c1.COCC(O)COc1cc(O)c(-c2nc(-c3ccc(C)cc3C)nc(-c3ccc(C)cc3C)n2)cc1C(C)(C)c1ccccc1. The molecule has 0 aliphatic carbocycles. The Hall–Kier alpha value is -12.2. The Bertz CT molecular complexity index is 5400. The second-order valence-electron chi connectivity index (χ2n) is 33.0. The van der Waals surface area contributed by atoms with Crippen molar-refractivity contribution in [2.45, 2.75) is 180 Å². The Morgan fingerprint density at radius 1 is 0.302 bits per heavy atom. The van der Waals surface area contributed by atoms with Gasteiger partial charge in [-0.25, -0.2) is 44.9 Å². The van der Waals surface area contributed by atoms with Gasteiger partial charge >= 0.3 is 0 Å². The van der Waals surface area contributed by atoms with Crippen molar-refractivity contribution in [1.82, 2.24) is 44.9 Å². The topological polar surface area (TPSA) is 293 Å². The van der Waals surface area contributed by atoms with Gasteiger partial charge in [-0.15, -0.1) is 0 Å². The highest BCUT2D eigenvalue weighted by Crippen LogP contribution is 2.45. The molecule has 13 rings (SSSR count). The molecule has 0 aliphatic rings. The number of rotatable bonds is 32. The minimum Gasteiger partial charge on any atom is -0.507 e. The van der Waals surface area contributed by atoms with Crippen LogP contribution in [0.5, 0.6) is 34.5 Å². The molecule has 0 bridgehead atoms. The fourth-order valence-corrected chi connectivity index (χ4v) is 14.4. The van der Waals surface area contributed by atoms with E-state index in [1.54, 1.807) is 30.3 Å². The van der Waals surface area contributed by atoms with E-state index in [0.717, 1.165) is 137 Å². The summed E-state index contributed by atoms with van der Waals surface area (Å²) in [6.45, 7) is 39.1. The number of nitrogens with zero attached hydrogens (tertiary/aromatic N) is 9. The maximum absolute atomic E-state index is 11.5. The summed E-state index contributed by atoms with van der Waals surface area (Å²) in [5.41, 5.74) is 21.4. The standard InChI is InChI=1S/C38H41N3O4.2C32H37N3O4.C3H8/c1-23-13-15-29(25(3)17-23)35-39-36(30-16-14-24(2)18-26(30)4)41-37(40-35)31-19-32(38(5,6)27-11-9-8-10-12-27)34(20-33(31)43)45-22-28(42)21-44-7;2*1-6-7-14-38-18-24(36)19-39-25-10-13-28(29(37)17-25)32-34-30(26-11-8-20(2)15-22(26)4)33-31(35-32)27-12-9-21(3)16-23(27)5;1-3-2/h8-20,28,42-43H,21-22H2,1-7H3;2*8-13,15-17,24,36-37H,6-7,14,18-19H2,1-5H3;3H2,1-2H3. The first-order chi connectivity index (χ1) is 60.4. The largest absolute Gasteiger partial charge is 0.507 e. The average Bonchev–Trinajstić information content (AvgIpc) is 0.773. The first kappa shape index (κ1) is 96.0. The van der Waals surface area contributed by atoms with Crippen molar-refractivity contribution in [3.63, 3.8) is 0 Å². The Labute approximate surface area is 743 Å². The number of aliphatic hydroxyl groups excluding tert-OH is 3. The number of benzene rings is 10. The first-order valence-corrected chi connectivity index (χ1v) is 43.3. The Kier molecular flexibility index (Phi) is 34.8. The van der Waals surface area contributed by atoms with E-state index in [9.17, 15) is 30.6 Å². The zero-order valence-corrected chi connectivity index (χ0v) is 76.5. The molecule has 3 unspecified atom stereocenters. The lowest BCUT2D eigenvalue weighted by molar-refractivity contribution is 0.0113. The molecule has 21 heteroatoms. The number of methoxy groups -OCH3 is 1. The maximum Gasteiger partial charge on any atom is 0.167 e. The molecule has 10 aromatic carbocycles. The minimum atomic E-state index is -0.825. The molecule has 3 heterocycles. The molecule has 3 atom stereocenters. The fourth-order valence-electron chi connectivity index (χ4n) is 14.4. The van der Waals surface area contributed by atoms with Crippen molar-refractivity contribution in [2.24, 2.45) is 0 Å². The Morgan fingerprint density at radius 2 is 0.571 bits per heavy atom. The highest BCUT2D eigenvalue weighted by Gasteiger charge is 2.31. The number of ether oxygens (including phenoxy) is 6. The van der Waals surface area contributed by atoms with Gasteiger partial charge in [0.2, 0.25) is 0 Å². The molecule has 0 saturated heterocycles. The summed E-state index contributed by atoms with van der Waals surface area (Å²) in [5.74, 6) is 5.53. The summed E-state index contributed by atoms with van der Waals surface area (Å²) in [6, 6.07) is 60.5. The fraction of sp³-hybridized carbons (Fsp3) is 0.343. The number of phenolic OH excluding ortho intramolecular Hbond substituents is 3. The second kappa shape index (κ2) is 45.6. The van der Waals surface area contributed by atoms with Crippen LogP contribution in [0.3, 0.4) is 0 Å². The molecule has 21 nitrogen and oxygen atoms in total. The van der Waals surface area contributed by atoms with E-state index in [0.29, 0.717) is 99.6 Å². The number of aromatic hydroxyl groups is 3. The predicted molar refractivity (Wildman–Crippen MR) is 503 cm³/mol. The van der Waals surface area contributed by atoms with Crippen molar-refractivity contribution in [3.05, 3.63) is 266 Å². The van der Waals surface area contributed by atoms with Crippen molar-refractivity contribution in [2.75, 3.05) is 60.0 Å². The summed E-state index contributed by atoms with van der Waals surface area (Å²) in [4.78, 5) is 43.6.